The van der Waals surface area contributed by atoms with E-state index >= 15 is 0 Å². The van der Waals surface area contributed by atoms with E-state index < -0.39 is 6.10 Å². The fourth-order valence-corrected chi connectivity index (χ4v) is 2.27. The van der Waals surface area contributed by atoms with Crippen molar-refractivity contribution >= 4 is 11.6 Å². The summed E-state index contributed by atoms with van der Waals surface area (Å²) in [6, 6.07) is 7.64. The van der Waals surface area contributed by atoms with Crippen molar-refractivity contribution in [3.8, 4) is 0 Å². The van der Waals surface area contributed by atoms with Crippen LogP contribution in [0, 0.1) is 0 Å². The lowest BCUT2D eigenvalue weighted by Crippen LogP contribution is -2.38. The lowest BCUT2D eigenvalue weighted by molar-refractivity contribution is 0.114. The van der Waals surface area contributed by atoms with Gasteiger partial charge in [0.15, 0.2) is 0 Å². The van der Waals surface area contributed by atoms with Crippen LogP contribution in [0.25, 0.3) is 0 Å². The van der Waals surface area contributed by atoms with Crippen molar-refractivity contribution in [3.05, 3.63) is 34.9 Å². The second-order valence-corrected chi connectivity index (χ2v) is 4.49. The van der Waals surface area contributed by atoms with Gasteiger partial charge in [-0.15, -0.1) is 0 Å². The zero-order chi connectivity index (χ0) is 10.7. The Balaban J connectivity index is 2.08. The summed E-state index contributed by atoms with van der Waals surface area (Å²) < 4.78 is 0. The van der Waals surface area contributed by atoms with E-state index in [9.17, 15) is 5.11 Å². The van der Waals surface area contributed by atoms with Gasteiger partial charge in [0.05, 0.1) is 6.10 Å². The van der Waals surface area contributed by atoms with Crippen molar-refractivity contribution in [2.45, 2.75) is 31.4 Å². The number of benzene rings is 1. The average Bonchev–Trinajstić information content (AvgIpc) is 2.29. The number of hydrogen-bond acceptors (Lipinski definition) is 2. The number of aliphatic hydroxyl groups is 1. The Morgan fingerprint density at radius 1 is 1.40 bits per heavy atom. The molecule has 82 valence electrons. The molecule has 2 unspecified atom stereocenters. The van der Waals surface area contributed by atoms with Crippen molar-refractivity contribution in [2.24, 2.45) is 0 Å². The second kappa shape index (κ2) is 4.97. The molecule has 1 fully saturated rings. The van der Waals surface area contributed by atoms with Crippen molar-refractivity contribution in [3.63, 3.8) is 0 Å². The third-order valence-corrected chi connectivity index (χ3v) is 3.15. The smallest absolute Gasteiger partial charge is 0.0943 e. The Morgan fingerprint density at radius 2 is 2.27 bits per heavy atom. The third kappa shape index (κ3) is 2.71. The molecule has 0 aliphatic carbocycles. The Hall–Kier alpha value is -0.570. The summed E-state index contributed by atoms with van der Waals surface area (Å²) in [6.07, 6.45) is 2.99. The van der Waals surface area contributed by atoms with Gasteiger partial charge < -0.3 is 10.4 Å². The number of nitrogens with one attached hydrogen (secondary N) is 1. The lowest BCUT2D eigenvalue weighted by Gasteiger charge is -2.28. The van der Waals surface area contributed by atoms with Gasteiger partial charge in [-0.25, -0.2) is 0 Å². The fraction of sp³-hybridized carbons (Fsp3) is 0.500. The van der Waals surface area contributed by atoms with Crippen LogP contribution in [0.3, 0.4) is 0 Å². The molecule has 0 saturated carbocycles. The predicted molar refractivity (Wildman–Crippen MR) is 62.1 cm³/mol. The second-order valence-electron chi connectivity index (χ2n) is 4.06. The number of halogens is 1. The van der Waals surface area contributed by atoms with Gasteiger partial charge in [-0.05, 0) is 37.1 Å². The topological polar surface area (TPSA) is 32.3 Å². The van der Waals surface area contributed by atoms with E-state index in [-0.39, 0.29) is 6.04 Å². The van der Waals surface area contributed by atoms with Crippen molar-refractivity contribution < 1.29 is 5.11 Å². The molecule has 0 spiro atoms. The van der Waals surface area contributed by atoms with Gasteiger partial charge in [0.2, 0.25) is 0 Å². The van der Waals surface area contributed by atoms with Crippen LogP contribution in [0.1, 0.15) is 30.9 Å². The largest absolute Gasteiger partial charge is 0.387 e. The molecule has 0 aromatic heterocycles. The minimum Gasteiger partial charge on any atom is -0.387 e. The van der Waals surface area contributed by atoms with Gasteiger partial charge in [-0.1, -0.05) is 30.2 Å². The lowest BCUT2D eigenvalue weighted by atomic mass is 9.95. The molecular formula is C12H16ClNO. The molecule has 2 nitrogen and oxygen atoms in total. The van der Waals surface area contributed by atoms with Gasteiger partial charge in [0.1, 0.15) is 0 Å². The van der Waals surface area contributed by atoms with Crippen LogP contribution in [0.2, 0.25) is 5.02 Å². The van der Waals surface area contributed by atoms with E-state index in [0.717, 1.165) is 18.5 Å². The number of hydrogen-bond donors (Lipinski definition) is 2. The quantitative estimate of drug-likeness (QED) is 0.811. The molecular weight excluding hydrogens is 210 g/mol. The molecule has 2 rings (SSSR count). The van der Waals surface area contributed by atoms with Crippen LogP contribution in [0.4, 0.5) is 0 Å². The summed E-state index contributed by atoms with van der Waals surface area (Å²) in [5.74, 6) is 0. The van der Waals surface area contributed by atoms with Gasteiger partial charge in [-0.3, -0.25) is 0 Å². The summed E-state index contributed by atoms with van der Waals surface area (Å²) in [6.45, 7) is 1.00. The molecule has 2 N–H and O–H groups in total. The molecule has 0 radical (unpaired) electrons. The van der Waals surface area contributed by atoms with Crippen molar-refractivity contribution in [2.75, 3.05) is 6.54 Å². The van der Waals surface area contributed by atoms with E-state index in [1.54, 1.807) is 0 Å². The molecule has 1 aliphatic rings. The minimum atomic E-state index is -0.441. The third-order valence-electron chi connectivity index (χ3n) is 2.92. The predicted octanol–water partition coefficient (Wildman–Crippen LogP) is 2.52. The highest BCUT2D eigenvalue weighted by molar-refractivity contribution is 6.30. The van der Waals surface area contributed by atoms with Crippen LogP contribution < -0.4 is 5.32 Å². The van der Waals surface area contributed by atoms with Crippen molar-refractivity contribution in [1.82, 2.24) is 5.32 Å². The van der Waals surface area contributed by atoms with Crippen LogP contribution >= 0.6 is 11.6 Å². The summed E-state index contributed by atoms with van der Waals surface area (Å²) in [5, 5.41) is 14.2. The standard InChI is InChI=1S/C12H16ClNO/c13-10-5-3-4-9(8-10)12(15)11-6-1-2-7-14-11/h3-5,8,11-12,14-15H,1-2,6-7H2. The van der Waals surface area contributed by atoms with E-state index in [1.807, 2.05) is 24.3 Å². The molecule has 2 atom stereocenters. The highest BCUT2D eigenvalue weighted by Crippen LogP contribution is 2.24. The molecule has 15 heavy (non-hydrogen) atoms. The average molecular weight is 226 g/mol. The Labute approximate surface area is 95.3 Å². The summed E-state index contributed by atoms with van der Waals surface area (Å²) >= 11 is 5.90. The van der Waals surface area contributed by atoms with Gasteiger partial charge in [0.25, 0.3) is 0 Å². The normalized spacial score (nSPS) is 23.7. The molecule has 1 aromatic carbocycles. The minimum absolute atomic E-state index is 0.178. The molecule has 3 heteroatoms. The molecule has 1 aliphatic heterocycles. The molecule has 1 heterocycles. The maximum Gasteiger partial charge on any atom is 0.0943 e. The van der Waals surface area contributed by atoms with Crippen LogP contribution in [0.5, 0.6) is 0 Å². The fourth-order valence-electron chi connectivity index (χ4n) is 2.07. The highest BCUT2D eigenvalue weighted by atomic mass is 35.5. The first kappa shape index (κ1) is 10.9. The molecule has 1 saturated heterocycles. The summed E-state index contributed by atoms with van der Waals surface area (Å²) in [5.41, 5.74) is 0.905. The van der Waals surface area contributed by atoms with E-state index in [2.05, 4.69) is 5.32 Å². The van der Waals surface area contributed by atoms with E-state index in [0.29, 0.717) is 5.02 Å². The Kier molecular flexibility index (Phi) is 3.62. The summed E-state index contributed by atoms with van der Waals surface area (Å²) in [4.78, 5) is 0. The van der Waals surface area contributed by atoms with Crippen molar-refractivity contribution in [1.29, 1.82) is 0 Å². The van der Waals surface area contributed by atoms with Gasteiger partial charge in [0, 0.05) is 11.1 Å². The molecule has 1 aromatic rings. The van der Waals surface area contributed by atoms with Crippen LogP contribution in [0.15, 0.2) is 24.3 Å². The maximum absolute atomic E-state index is 10.1. The van der Waals surface area contributed by atoms with Gasteiger partial charge >= 0.3 is 0 Å². The summed E-state index contributed by atoms with van der Waals surface area (Å²) in [7, 11) is 0. The van der Waals surface area contributed by atoms with E-state index in [4.69, 9.17) is 11.6 Å². The number of rotatable bonds is 2. The van der Waals surface area contributed by atoms with Crippen LogP contribution in [-0.4, -0.2) is 17.7 Å². The number of piperidine rings is 1. The maximum atomic E-state index is 10.1. The van der Waals surface area contributed by atoms with E-state index in [1.165, 1.54) is 12.8 Å². The van der Waals surface area contributed by atoms with Crippen LogP contribution in [-0.2, 0) is 0 Å². The zero-order valence-electron chi connectivity index (χ0n) is 8.62. The molecule has 0 bridgehead atoms. The first-order chi connectivity index (χ1) is 7.27. The Bertz CT molecular complexity index is 323. The first-order valence-electron chi connectivity index (χ1n) is 5.44. The highest BCUT2D eigenvalue weighted by Gasteiger charge is 2.22. The number of aliphatic hydroxyl groups excluding tert-OH is 1. The zero-order valence-corrected chi connectivity index (χ0v) is 9.37. The Morgan fingerprint density at radius 3 is 2.93 bits per heavy atom. The first-order valence-corrected chi connectivity index (χ1v) is 5.82. The SMILES string of the molecule is OC(c1cccc(Cl)c1)C1CCCCN1. The monoisotopic (exact) mass is 225 g/mol. The van der Waals surface area contributed by atoms with Gasteiger partial charge in [-0.2, -0.15) is 0 Å². The molecule has 0 amide bonds.